The zero-order valence-corrected chi connectivity index (χ0v) is 9.68. The van der Waals surface area contributed by atoms with Gasteiger partial charge >= 0.3 is 0 Å². The molecule has 0 fully saturated rings. The molecule has 0 heterocycles. The van der Waals surface area contributed by atoms with Crippen LogP contribution in [0.15, 0.2) is 36.4 Å². The van der Waals surface area contributed by atoms with E-state index in [2.05, 4.69) is 12.1 Å². The summed E-state index contributed by atoms with van der Waals surface area (Å²) in [7, 11) is 0. The van der Waals surface area contributed by atoms with Crippen LogP contribution in [0.3, 0.4) is 0 Å². The molecule has 15 heavy (non-hydrogen) atoms. The minimum absolute atomic E-state index is 0.371. The smallest absolute Gasteiger partial charge is 0.0487 e. The number of hydrogen-bond acceptors (Lipinski definition) is 1. The van der Waals surface area contributed by atoms with Crippen molar-refractivity contribution in [3.63, 3.8) is 0 Å². The van der Waals surface area contributed by atoms with Gasteiger partial charge in [-0.15, -0.1) is 0 Å². The van der Waals surface area contributed by atoms with Gasteiger partial charge in [0.2, 0.25) is 0 Å². The van der Waals surface area contributed by atoms with E-state index in [1.165, 1.54) is 0 Å². The van der Waals surface area contributed by atoms with Crippen molar-refractivity contribution in [3.8, 4) is 0 Å². The van der Waals surface area contributed by atoms with Gasteiger partial charge < -0.3 is 5.73 Å². The molecule has 0 unspecified atom stereocenters. The molecule has 0 bridgehead atoms. The third-order valence-corrected chi connectivity index (χ3v) is 2.86. The molecule has 0 spiro atoms. The van der Waals surface area contributed by atoms with Crippen LogP contribution in [-0.2, 0) is 5.54 Å². The van der Waals surface area contributed by atoms with Crippen LogP contribution in [0, 0.1) is 0 Å². The molecule has 2 aromatic rings. The molecular weight excluding hydrogens is 206 g/mol. The lowest BCUT2D eigenvalue weighted by Crippen LogP contribution is -2.28. The van der Waals surface area contributed by atoms with Crippen LogP contribution in [0.5, 0.6) is 0 Å². The molecule has 0 aliphatic rings. The number of nitrogens with two attached hydrogens (primary N) is 1. The lowest BCUT2D eigenvalue weighted by molar-refractivity contribution is 0.560. The topological polar surface area (TPSA) is 26.0 Å². The Bertz CT molecular complexity index is 492. The number of fused-ring (bicyclic) bond motifs is 1. The first-order chi connectivity index (χ1) is 7.00. The molecule has 78 valence electrons. The van der Waals surface area contributed by atoms with Crippen molar-refractivity contribution in [3.05, 3.63) is 47.0 Å². The van der Waals surface area contributed by atoms with Crippen molar-refractivity contribution in [1.82, 2.24) is 0 Å². The fraction of sp³-hybridized carbons (Fsp3) is 0.231. The Morgan fingerprint density at radius 3 is 2.27 bits per heavy atom. The molecule has 0 saturated carbocycles. The highest BCUT2D eigenvalue weighted by Gasteiger charge is 2.18. The van der Waals surface area contributed by atoms with Gasteiger partial charge in [0.05, 0.1) is 0 Å². The van der Waals surface area contributed by atoms with Crippen LogP contribution in [-0.4, -0.2) is 0 Å². The summed E-state index contributed by atoms with van der Waals surface area (Å²) in [6.07, 6.45) is 0. The third kappa shape index (κ3) is 1.85. The van der Waals surface area contributed by atoms with E-state index in [4.69, 9.17) is 17.3 Å². The first kappa shape index (κ1) is 10.5. The number of hydrogen-bond donors (Lipinski definition) is 1. The van der Waals surface area contributed by atoms with Gasteiger partial charge in [0.25, 0.3) is 0 Å². The minimum Gasteiger partial charge on any atom is -0.322 e. The highest BCUT2D eigenvalue weighted by molar-refractivity contribution is 6.35. The predicted octanol–water partition coefficient (Wildman–Crippen LogP) is 3.69. The Morgan fingerprint density at radius 1 is 1.07 bits per heavy atom. The van der Waals surface area contributed by atoms with Crippen molar-refractivity contribution >= 4 is 22.4 Å². The number of halogens is 1. The third-order valence-electron chi connectivity index (χ3n) is 2.55. The van der Waals surface area contributed by atoms with E-state index in [1.807, 2.05) is 38.1 Å². The first-order valence-electron chi connectivity index (χ1n) is 4.97. The summed E-state index contributed by atoms with van der Waals surface area (Å²) in [6, 6.07) is 12.0. The Hall–Kier alpha value is -1.05. The fourth-order valence-corrected chi connectivity index (χ4v) is 2.12. The molecule has 2 heteroatoms. The number of rotatable bonds is 1. The van der Waals surface area contributed by atoms with Crippen LogP contribution in [0.2, 0.25) is 5.02 Å². The molecule has 2 N–H and O–H groups in total. The summed E-state index contributed by atoms with van der Waals surface area (Å²) >= 11 is 6.21. The summed E-state index contributed by atoms with van der Waals surface area (Å²) in [5.74, 6) is 0. The van der Waals surface area contributed by atoms with Gasteiger partial charge in [-0.25, -0.2) is 0 Å². The van der Waals surface area contributed by atoms with Gasteiger partial charge in [0.15, 0.2) is 0 Å². The zero-order chi connectivity index (χ0) is 11.1. The first-order valence-corrected chi connectivity index (χ1v) is 5.34. The normalized spacial score (nSPS) is 12.0. The van der Waals surface area contributed by atoms with Gasteiger partial charge in [-0.3, -0.25) is 0 Å². The molecule has 0 saturated heterocycles. The van der Waals surface area contributed by atoms with Crippen LogP contribution in [0.25, 0.3) is 10.8 Å². The highest BCUT2D eigenvalue weighted by atomic mass is 35.5. The van der Waals surface area contributed by atoms with Gasteiger partial charge in [0, 0.05) is 15.9 Å². The molecular formula is C13H14ClN. The largest absolute Gasteiger partial charge is 0.322 e. The van der Waals surface area contributed by atoms with Crippen LogP contribution < -0.4 is 5.73 Å². The SMILES string of the molecule is CC(C)(N)c1cccc2cccc(Cl)c12. The molecule has 1 nitrogen and oxygen atoms in total. The van der Waals surface area contributed by atoms with E-state index in [0.717, 1.165) is 21.4 Å². The van der Waals surface area contributed by atoms with Crippen LogP contribution >= 0.6 is 11.6 Å². The van der Waals surface area contributed by atoms with E-state index in [-0.39, 0.29) is 5.54 Å². The van der Waals surface area contributed by atoms with Crippen molar-refractivity contribution in [2.24, 2.45) is 5.73 Å². The highest BCUT2D eigenvalue weighted by Crippen LogP contribution is 2.31. The average Bonchev–Trinajstić information content (AvgIpc) is 2.16. The molecule has 0 aromatic heterocycles. The van der Waals surface area contributed by atoms with E-state index in [1.54, 1.807) is 0 Å². The molecule has 0 radical (unpaired) electrons. The zero-order valence-electron chi connectivity index (χ0n) is 8.92. The minimum atomic E-state index is -0.371. The lowest BCUT2D eigenvalue weighted by Gasteiger charge is -2.21. The predicted molar refractivity (Wildman–Crippen MR) is 66.2 cm³/mol. The van der Waals surface area contributed by atoms with E-state index in [9.17, 15) is 0 Å². The van der Waals surface area contributed by atoms with Crippen molar-refractivity contribution in [1.29, 1.82) is 0 Å². The maximum Gasteiger partial charge on any atom is 0.0487 e. The summed E-state index contributed by atoms with van der Waals surface area (Å²) in [5.41, 5.74) is 6.85. The second kappa shape index (κ2) is 3.51. The summed E-state index contributed by atoms with van der Waals surface area (Å²) < 4.78 is 0. The maximum atomic E-state index is 6.21. The van der Waals surface area contributed by atoms with Crippen LogP contribution in [0.1, 0.15) is 19.4 Å². The van der Waals surface area contributed by atoms with E-state index in [0.29, 0.717) is 0 Å². The van der Waals surface area contributed by atoms with E-state index < -0.39 is 0 Å². The summed E-state index contributed by atoms with van der Waals surface area (Å²) in [6.45, 7) is 3.98. The maximum absolute atomic E-state index is 6.21. The van der Waals surface area contributed by atoms with Gasteiger partial charge in [0.1, 0.15) is 0 Å². The van der Waals surface area contributed by atoms with Crippen molar-refractivity contribution in [2.75, 3.05) is 0 Å². The molecule has 0 atom stereocenters. The second-order valence-corrected chi connectivity index (χ2v) is 4.77. The molecule has 2 rings (SSSR count). The molecule has 0 amide bonds. The second-order valence-electron chi connectivity index (χ2n) is 4.37. The summed E-state index contributed by atoms with van der Waals surface area (Å²) in [5, 5.41) is 2.97. The van der Waals surface area contributed by atoms with Gasteiger partial charge in [-0.1, -0.05) is 41.9 Å². The molecule has 0 aliphatic carbocycles. The Kier molecular flexibility index (Phi) is 2.45. The Morgan fingerprint density at radius 2 is 1.67 bits per heavy atom. The average molecular weight is 220 g/mol. The summed E-state index contributed by atoms with van der Waals surface area (Å²) in [4.78, 5) is 0. The van der Waals surface area contributed by atoms with E-state index >= 15 is 0 Å². The monoisotopic (exact) mass is 219 g/mol. The van der Waals surface area contributed by atoms with Gasteiger partial charge in [-0.05, 0) is 30.9 Å². The van der Waals surface area contributed by atoms with Gasteiger partial charge in [-0.2, -0.15) is 0 Å². The van der Waals surface area contributed by atoms with Crippen LogP contribution in [0.4, 0.5) is 0 Å². The molecule has 2 aromatic carbocycles. The standard InChI is InChI=1S/C13H14ClN/c1-13(2,15)10-7-3-5-9-6-4-8-11(14)12(9)10/h3-8H,15H2,1-2H3. The molecule has 0 aliphatic heterocycles. The fourth-order valence-electron chi connectivity index (χ4n) is 1.83. The Labute approximate surface area is 94.9 Å². The van der Waals surface area contributed by atoms with Crippen molar-refractivity contribution in [2.45, 2.75) is 19.4 Å². The van der Waals surface area contributed by atoms with Crippen molar-refractivity contribution < 1.29 is 0 Å². The number of benzene rings is 2. The Balaban J connectivity index is 2.86. The quantitative estimate of drug-likeness (QED) is 0.778. The lowest BCUT2D eigenvalue weighted by atomic mass is 9.90.